The van der Waals surface area contributed by atoms with E-state index in [1.54, 1.807) is 0 Å². The predicted molar refractivity (Wildman–Crippen MR) is 45.6 cm³/mol. The van der Waals surface area contributed by atoms with Crippen LogP contribution in [0.5, 0.6) is 0 Å². The number of carbonyl (C=O) groups excluding carboxylic acids is 2. The van der Waals surface area contributed by atoms with Crippen molar-refractivity contribution in [1.29, 1.82) is 0 Å². The molecule has 66 valence electrons. The molecule has 1 N–H and O–H groups in total. The minimum absolute atomic E-state index is 0.135. The molecule has 0 aliphatic rings. The van der Waals surface area contributed by atoms with Crippen LogP contribution in [-0.4, -0.2) is 23.3 Å². The van der Waals surface area contributed by atoms with Gasteiger partial charge in [0.2, 0.25) is 0 Å². The Hall–Kier alpha value is -1.22. The first-order chi connectivity index (χ1) is 5.67. The molecule has 0 aromatic heterocycles. The van der Waals surface area contributed by atoms with E-state index in [1.807, 2.05) is 0 Å². The van der Waals surface area contributed by atoms with E-state index in [9.17, 15) is 9.59 Å². The van der Waals surface area contributed by atoms with Crippen molar-refractivity contribution in [1.82, 2.24) is 0 Å². The van der Waals surface area contributed by atoms with E-state index in [0.717, 1.165) is 12.2 Å². The lowest BCUT2D eigenvalue weighted by Gasteiger charge is -2.07. The van der Waals surface area contributed by atoms with Crippen molar-refractivity contribution in [2.75, 3.05) is 6.61 Å². The molecule has 0 atom stereocenters. The van der Waals surface area contributed by atoms with Crippen LogP contribution >= 0.6 is 0 Å². The molecule has 0 saturated carbocycles. The van der Waals surface area contributed by atoms with Crippen LogP contribution < -0.4 is 0 Å². The highest BCUT2D eigenvalue weighted by atomic mass is 16.3. The topological polar surface area (TPSA) is 54.4 Å². The maximum Gasteiger partial charge on any atom is 0.165 e. The molecule has 0 radical (unpaired) electrons. The number of ketones is 2. The summed E-state index contributed by atoms with van der Waals surface area (Å²) in [5.74, 6) is -1.53. The van der Waals surface area contributed by atoms with Crippen LogP contribution in [0.1, 0.15) is 6.42 Å². The largest absolute Gasteiger partial charge is 0.396 e. The second-order valence-electron chi connectivity index (χ2n) is 2.28. The SMILES string of the molecule is C=CC(=O)C(CCO)C(=O)C=C. The summed E-state index contributed by atoms with van der Waals surface area (Å²) in [4.78, 5) is 22.0. The van der Waals surface area contributed by atoms with Gasteiger partial charge in [-0.15, -0.1) is 0 Å². The molecule has 0 unspecified atom stereocenters. The van der Waals surface area contributed by atoms with Crippen molar-refractivity contribution in [2.24, 2.45) is 5.92 Å². The number of allylic oxidation sites excluding steroid dienone is 2. The standard InChI is InChI=1S/C9H12O3/c1-3-8(11)7(5-6-10)9(12)4-2/h3-4,7,10H,1-2,5-6H2. The van der Waals surface area contributed by atoms with E-state index < -0.39 is 5.92 Å². The summed E-state index contributed by atoms with van der Waals surface area (Å²) in [5.41, 5.74) is 0. The average Bonchev–Trinajstić information content (AvgIpc) is 2.11. The Bertz CT molecular complexity index is 186. The van der Waals surface area contributed by atoms with Gasteiger partial charge >= 0.3 is 0 Å². The Labute approximate surface area is 71.4 Å². The Morgan fingerprint density at radius 2 is 1.67 bits per heavy atom. The summed E-state index contributed by atoms with van der Waals surface area (Å²) in [5, 5.41) is 8.55. The van der Waals surface area contributed by atoms with E-state index in [-0.39, 0.29) is 24.6 Å². The fourth-order valence-electron chi connectivity index (χ4n) is 0.838. The first kappa shape index (κ1) is 10.8. The third kappa shape index (κ3) is 2.80. The zero-order chi connectivity index (χ0) is 9.56. The molecule has 0 aliphatic heterocycles. The monoisotopic (exact) mass is 168 g/mol. The average molecular weight is 168 g/mol. The number of rotatable bonds is 6. The van der Waals surface area contributed by atoms with Gasteiger partial charge in [0.15, 0.2) is 11.6 Å². The normalized spacial score (nSPS) is 9.50. The van der Waals surface area contributed by atoms with Gasteiger partial charge in [-0.3, -0.25) is 9.59 Å². The summed E-state index contributed by atoms with van der Waals surface area (Å²) >= 11 is 0. The van der Waals surface area contributed by atoms with Gasteiger partial charge in [0.05, 0.1) is 5.92 Å². The molecule has 0 fully saturated rings. The maximum absolute atomic E-state index is 11.0. The van der Waals surface area contributed by atoms with E-state index >= 15 is 0 Å². The summed E-state index contributed by atoms with van der Waals surface area (Å²) < 4.78 is 0. The first-order valence-corrected chi connectivity index (χ1v) is 3.60. The summed E-state index contributed by atoms with van der Waals surface area (Å²) in [6, 6.07) is 0. The quantitative estimate of drug-likeness (QED) is 0.464. The smallest absolute Gasteiger partial charge is 0.165 e. The Kier molecular flexibility index (Phi) is 4.88. The van der Waals surface area contributed by atoms with Crippen LogP contribution in [0.15, 0.2) is 25.3 Å². The van der Waals surface area contributed by atoms with Crippen LogP contribution in [-0.2, 0) is 9.59 Å². The number of carbonyl (C=O) groups is 2. The number of aliphatic hydroxyl groups excluding tert-OH is 1. The molecule has 0 amide bonds. The van der Waals surface area contributed by atoms with E-state index in [0.29, 0.717) is 0 Å². The highest BCUT2D eigenvalue weighted by Gasteiger charge is 2.20. The van der Waals surface area contributed by atoms with Crippen molar-refractivity contribution in [2.45, 2.75) is 6.42 Å². The zero-order valence-corrected chi connectivity index (χ0v) is 6.82. The third-order valence-corrected chi connectivity index (χ3v) is 1.51. The molecule has 0 rings (SSSR count). The lowest BCUT2D eigenvalue weighted by molar-refractivity contribution is -0.128. The molecule has 0 bridgehead atoms. The van der Waals surface area contributed by atoms with Gasteiger partial charge in [0.25, 0.3) is 0 Å². The van der Waals surface area contributed by atoms with Crippen LogP contribution in [0.2, 0.25) is 0 Å². The molecule has 3 nitrogen and oxygen atoms in total. The molecule has 0 saturated heterocycles. The van der Waals surface area contributed by atoms with E-state index in [1.165, 1.54) is 0 Å². The molecule has 0 heterocycles. The van der Waals surface area contributed by atoms with Gasteiger partial charge in [-0.25, -0.2) is 0 Å². The molecule has 12 heavy (non-hydrogen) atoms. The minimum atomic E-state index is -0.801. The number of aliphatic hydroxyl groups is 1. The van der Waals surface area contributed by atoms with Crippen LogP contribution in [0.3, 0.4) is 0 Å². The molecule has 0 spiro atoms. The van der Waals surface area contributed by atoms with Crippen molar-refractivity contribution < 1.29 is 14.7 Å². The van der Waals surface area contributed by atoms with Crippen molar-refractivity contribution in [3.8, 4) is 0 Å². The highest BCUT2D eigenvalue weighted by Crippen LogP contribution is 2.07. The van der Waals surface area contributed by atoms with Crippen molar-refractivity contribution in [3.63, 3.8) is 0 Å². The molecule has 3 heteroatoms. The molecule has 0 aromatic carbocycles. The lowest BCUT2D eigenvalue weighted by atomic mass is 9.95. The Balaban J connectivity index is 4.41. The van der Waals surface area contributed by atoms with Gasteiger partial charge in [-0.2, -0.15) is 0 Å². The Morgan fingerprint density at radius 3 is 1.92 bits per heavy atom. The van der Waals surface area contributed by atoms with Gasteiger partial charge in [0, 0.05) is 6.61 Å². The summed E-state index contributed by atoms with van der Waals surface area (Å²) in [7, 11) is 0. The fraction of sp³-hybridized carbons (Fsp3) is 0.333. The number of hydrogen-bond acceptors (Lipinski definition) is 3. The van der Waals surface area contributed by atoms with Crippen molar-refractivity contribution >= 4 is 11.6 Å². The van der Waals surface area contributed by atoms with E-state index in [4.69, 9.17) is 5.11 Å². The first-order valence-electron chi connectivity index (χ1n) is 3.60. The van der Waals surface area contributed by atoms with Gasteiger partial charge in [-0.05, 0) is 18.6 Å². The second kappa shape index (κ2) is 5.43. The molecular weight excluding hydrogens is 156 g/mol. The molecule has 0 aromatic rings. The van der Waals surface area contributed by atoms with Gasteiger partial charge in [-0.1, -0.05) is 13.2 Å². The molecular formula is C9H12O3. The highest BCUT2D eigenvalue weighted by molar-refractivity contribution is 6.10. The lowest BCUT2D eigenvalue weighted by Crippen LogP contribution is -2.21. The minimum Gasteiger partial charge on any atom is -0.396 e. The summed E-state index contributed by atoms with van der Waals surface area (Å²) in [6.07, 6.45) is 2.30. The Morgan fingerprint density at radius 1 is 1.25 bits per heavy atom. The number of hydrogen-bond donors (Lipinski definition) is 1. The van der Waals surface area contributed by atoms with Crippen LogP contribution in [0.25, 0.3) is 0 Å². The van der Waals surface area contributed by atoms with E-state index in [2.05, 4.69) is 13.2 Å². The zero-order valence-electron chi connectivity index (χ0n) is 6.82. The van der Waals surface area contributed by atoms with Gasteiger partial charge in [0.1, 0.15) is 0 Å². The van der Waals surface area contributed by atoms with Crippen molar-refractivity contribution in [3.05, 3.63) is 25.3 Å². The van der Waals surface area contributed by atoms with Crippen LogP contribution in [0.4, 0.5) is 0 Å². The summed E-state index contributed by atoms with van der Waals surface area (Å²) in [6.45, 7) is 6.33. The maximum atomic E-state index is 11.0. The second-order valence-corrected chi connectivity index (χ2v) is 2.28. The van der Waals surface area contributed by atoms with Gasteiger partial charge < -0.3 is 5.11 Å². The predicted octanol–water partition coefficient (Wildman–Crippen LogP) is 0.495. The fourth-order valence-corrected chi connectivity index (χ4v) is 0.838. The molecule has 0 aliphatic carbocycles. The van der Waals surface area contributed by atoms with Crippen LogP contribution in [0, 0.1) is 5.92 Å². The third-order valence-electron chi connectivity index (χ3n) is 1.51.